The quantitative estimate of drug-likeness (QED) is 0.655. The summed E-state index contributed by atoms with van der Waals surface area (Å²) in [5.41, 5.74) is 1.00. The number of sulfonamides is 1. The number of ether oxygens (including phenoxy) is 1. The molecule has 1 heterocycles. The minimum absolute atomic E-state index is 0.115. The lowest BCUT2D eigenvalue weighted by molar-refractivity contribution is -0.147. The average Bonchev–Trinajstić information content (AvgIpc) is 2.80. The molecule has 1 atom stereocenters. The van der Waals surface area contributed by atoms with Gasteiger partial charge >= 0.3 is 5.97 Å². The molecule has 1 aliphatic rings. The minimum atomic E-state index is -3.73. The first kappa shape index (κ1) is 23.2. The van der Waals surface area contributed by atoms with Crippen molar-refractivity contribution in [2.45, 2.75) is 10.9 Å². The fourth-order valence-corrected chi connectivity index (χ4v) is 5.22. The zero-order chi connectivity index (χ0) is 22.6. The predicted octanol–water partition coefficient (Wildman–Crippen LogP) is 1.92. The van der Waals surface area contributed by atoms with Crippen molar-refractivity contribution in [2.24, 2.45) is 0 Å². The predicted molar refractivity (Wildman–Crippen MR) is 116 cm³/mol. The van der Waals surface area contributed by atoms with Gasteiger partial charge in [0.05, 0.1) is 12.0 Å². The van der Waals surface area contributed by atoms with Crippen LogP contribution in [0.5, 0.6) is 0 Å². The third-order valence-electron chi connectivity index (χ3n) is 5.24. The van der Waals surface area contributed by atoms with Gasteiger partial charge in [-0.1, -0.05) is 29.8 Å². The third-order valence-corrected chi connectivity index (χ3v) is 7.50. The zero-order valence-corrected chi connectivity index (χ0v) is 18.8. The number of carbonyl (C=O) groups is 2. The molecule has 8 nitrogen and oxygen atoms in total. The van der Waals surface area contributed by atoms with E-state index in [9.17, 15) is 18.0 Å². The van der Waals surface area contributed by atoms with Crippen molar-refractivity contribution in [3.8, 4) is 0 Å². The molecule has 0 radical (unpaired) electrons. The topological polar surface area (TPSA) is 96.0 Å². The molecular formula is C21H24ClN3O5S. The summed E-state index contributed by atoms with van der Waals surface area (Å²) in [7, 11) is -0.901. The molecule has 10 heteroatoms. The van der Waals surface area contributed by atoms with Gasteiger partial charge in [0.15, 0.2) is 0 Å². The van der Waals surface area contributed by atoms with Crippen LogP contribution in [-0.4, -0.2) is 69.8 Å². The Hall–Kier alpha value is -2.46. The minimum Gasteiger partial charge on any atom is -0.468 e. The number of benzene rings is 2. The maximum absolute atomic E-state index is 13.0. The van der Waals surface area contributed by atoms with Crippen molar-refractivity contribution in [3.63, 3.8) is 0 Å². The van der Waals surface area contributed by atoms with Crippen LogP contribution in [0.3, 0.4) is 0 Å². The average molecular weight is 466 g/mol. The van der Waals surface area contributed by atoms with Gasteiger partial charge in [0.2, 0.25) is 10.0 Å². The summed E-state index contributed by atoms with van der Waals surface area (Å²) in [6.45, 7) is 1.08. The number of rotatable bonds is 6. The molecule has 1 N–H and O–H groups in total. The molecular weight excluding hydrogens is 442 g/mol. The second kappa shape index (κ2) is 9.78. The molecule has 2 aromatic carbocycles. The number of amides is 1. The highest BCUT2D eigenvalue weighted by molar-refractivity contribution is 7.89. The molecule has 1 saturated heterocycles. The van der Waals surface area contributed by atoms with Crippen molar-refractivity contribution < 1.29 is 22.7 Å². The number of carbonyl (C=O) groups excluding carboxylic acids is 2. The molecule has 0 aromatic heterocycles. The van der Waals surface area contributed by atoms with Gasteiger partial charge in [-0.15, -0.1) is 0 Å². The van der Waals surface area contributed by atoms with Gasteiger partial charge in [0, 0.05) is 43.8 Å². The van der Waals surface area contributed by atoms with E-state index in [1.807, 2.05) is 4.90 Å². The lowest BCUT2D eigenvalue weighted by Crippen LogP contribution is -2.51. The first-order valence-corrected chi connectivity index (χ1v) is 11.5. The van der Waals surface area contributed by atoms with Crippen LogP contribution in [0.4, 0.5) is 0 Å². The Morgan fingerprint density at radius 3 is 2.19 bits per heavy atom. The molecule has 0 saturated carbocycles. The Kier molecular flexibility index (Phi) is 7.32. The van der Waals surface area contributed by atoms with Gasteiger partial charge in [0.1, 0.15) is 6.04 Å². The lowest BCUT2D eigenvalue weighted by atomic mass is 10.0. The van der Waals surface area contributed by atoms with Gasteiger partial charge in [-0.3, -0.25) is 9.69 Å². The number of nitrogens with one attached hydrogen (secondary N) is 1. The van der Waals surface area contributed by atoms with Crippen molar-refractivity contribution >= 4 is 33.5 Å². The molecule has 3 rings (SSSR count). The van der Waals surface area contributed by atoms with E-state index in [1.165, 1.54) is 42.7 Å². The molecule has 1 amide bonds. The zero-order valence-electron chi connectivity index (χ0n) is 17.2. The van der Waals surface area contributed by atoms with E-state index in [0.29, 0.717) is 29.2 Å². The van der Waals surface area contributed by atoms with Crippen LogP contribution in [0.15, 0.2) is 53.4 Å². The van der Waals surface area contributed by atoms with Crippen LogP contribution in [0.25, 0.3) is 0 Å². The highest BCUT2D eigenvalue weighted by atomic mass is 35.5. The molecule has 0 spiro atoms. The fourth-order valence-electron chi connectivity index (χ4n) is 3.56. The van der Waals surface area contributed by atoms with Crippen molar-refractivity contribution in [2.75, 3.05) is 40.3 Å². The van der Waals surface area contributed by atoms with Crippen molar-refractivity contribution in [1.29, 1.82) is 0 Å². The van der Waals surface area contributed by atoms with E-state index in [2.05, 4.69) is 5.32 Å². The Labute approximate surface area is 186 Å². The number of hydrogen-bond donors (Lipinski definition) is 1. The summed E-state index contributed by atoms with van der Waals surface area (Å²) in [4.78, 5) is 26.1. The van der Waals surface area contributed by atoms with Crippen LogP contribution in [0, 0.1) is 0 Å². The van der Waals surface area contributed by atoms with E-state index in [-0.39, 0.29) is 23.9 Å². The third kappa shape index (κ3) is 4.90. The molecule has 0 aliphatic carbocycles. The normalized spacial score (nSPS) is 16.5. The van der Waals surface area contributed by atoms with E-state index >= 15 is 0 Å². The number of nitrogens with zero attached hydrogens (tertiary/aromatic N) is 2. The van der Waals surface area contributed by atoms with E-state index in [4.69, 9.17) is 16.3 Å². The second-order valence-corrected chi connectivity index (χ2v) is 9.34. The van der Waals surface area contributed by atoms with Crippen LogP contribution >= 0.6 is 11.6 Å². The van der Waals surface area contributed by atoms with Gasteiger partial charge in [-0.05, 0) is 35.9 Å². The Bertz CT molecular complexity index is 1050. The molecule has 2 aromatic rings. The molecule has 0 bridgehead atoms. The van der Waals surface area contributed by atoms with E-state index < -0.39 is 22.0 Å². The number of halogens is 1. The first-order chi connectivity index (χ1) is 14.8. The number of piperazine rings is 1. The van der Waals surface area contributed by atoms with Crippen LogP contribution < -0.4 is 5.32 Å². The van der Waals surface area contributed by atoms with Crippen LogP contribution in [-0.2, 0) is 19.6 Å². The SMILES string of the molecule is CNC(=O)c1ccc(S(=O)(=O)N2CCN(C(C(=O)OC)c3ccccc3Cl)CC2)cc1. The first-order valence-electron chi connectivity index (χ1n) is 9.68. The molecule has 1 fully saturated rings. The van der Waals surface area contributed by atoms with E-state index in [1.54, 1.807) is 24.3 Å². The maximum atomic E-state index is 13.0. The van der Waals surface area contributed by atoms with Crippen molar-refractivity contribution in [1.82, 2.24) is 14.5 Å². The summed E-state index contributed by atoms with van der Waals surface area (Å²) >= 11 is 6.30. The van der Waals surface area contributed by atoms with Crippen LogP contribution in [0.1, 0.15) is 22.0 Å². The lowest BCUT2D eigenvalue weighted by Gasteiger charge is -2.37. The smallest absolute Gasteiger partial charge is 0.327 e. The Morgan fingerprint density at radius 2 is 1.65 bits per heavy atom. The second-order valence-electron chi connectivity index (χ2n) is 6.99. The van der Waals surface area contributed by atoms with Crippen molar-refractivity contribution in [3.05, 3.63) is 64.7 Å². The fraction of sp³-hybridized carbons (Fsp3) is 0.333. The van der Waals surface area contributed by atoms with Crippen LogP contribution in [0.2, 0.25) is 5.02 Å². The van der Waals surface area contributed by atoms with Gasteiger partial charge in [0.25, 0.3) is 5.91 Å². The molecule has 1 aliphatic heterocycles. The Balaban J connectivity index is 1.76. The summed E-state index contributed by atoms with van der Waals surface area (Å²) in [5, 5.41) is 2.95. The monoisotopic (exact) mass is 465 g/mol. The Morgan fingerprint density at radius 1 is 1.03 bits per heavy atom. The maximum Gasteiger partial charge on any atom is 0.327 e. The molecule has 31 heavy (non-hydrogen) atoms. The molecule has 1 unspecified atom stereocenters. The highest BCUT2D eigenvalue weighted by Crippen LogP contribution is 2.30. The summed E-state index contributed by atoms with van der Waals surface area (Å²) in [5.74, 6) is -0.736. The number of esters is 1. The van der Waals surface area contributed by atoms with E-state index in [0.717, 1.165) is 0 Å². The highest BCUT2D eigenvalue weighted by Gasteiger charge is 2.35. The van der Waals surface area contributed by atoms with Gasteiger partial charge < -0.3 is 10.1 Å². The summed E-state index contributed by atoms with van der Waals surface area (Å²) < 4.78 is 32.4. The van der Waals surface area contributed by atoms with Gasteiger partial charge in [-0.2, -0.15) is 4.31 Å². The van der Waals surface area contributed by atoms with Gasteiger partial charge in [-0.25, -0.2) is 13.2 Å². The molecule has 166 valence electrons. The largest absolute Gasteiger partial charge is 0.468 e. The summed E-state index contributed by atoms with van der Waals surface area (Å²) in [6, 6.07) is 12.1. The standard InChI is InChI=1S/C21H24ClN3O5S/c1-23-20(26)15-7-9-16(10-8-15)31(28,29)25-13-11-24(12-14-25)19(21(27)30-2)17-5-3-4-6-18(17)22/h3-10,19H,11-14H2,1-2H3,(H,23,26). The summed E-state index contributed by atoms with van der Waals surface area (Å²) in [6.07, 6.45) is 0. The number of methoxy groups -OCH3 is 1. The number of hydrogen-bond acceptors (Lipinski definition) is 6.